The summed E-state index contributed by atoms with van der Waals surface area (Å²) in [4.78, 5) is 13.8. The molecule has 2 rings (SSSR count). The van der Waals surface area contributed by atoms with Crippen molar-refractivity contribution in [1.29, 1.82) is 0 Å². The minimum absolute atomic E-state index is 0.0225. The summed E-state index contributed by atoms with van der Waals surface area (Å²) in [5.41, 5.74) is 5.53. The molecular formula is C14H28N4O3S. The van der Waals surface area contributed by atoms with Gasteiger partial charge in [0.2, 0.25) is 5.91 Å². The van der Waals surface area contributed by atoms with Gasteiger partial charge in [0.25, 0.3) is 10.2 Å². The van der Waals surface area contributed by atoms with Gasteiger partial charge >= 0.3 is 0 Å². The molecule has 2 saturated heterocycles. The van der Waals surface area contributed by atoms with Crippen LogP contribution >= 0.6 is 0 Å². The summed E-state index contributed by atoms with van der Waals surface area (Å²) in [6.45, 7) is 5.03. The topological polar surface area (TPSA) is 87.0 Å². The number of hydrogen-bond donors (Lipinski definition) is 1. The second kappa shape index (κ2) is 7.72. The van der Waals surface area contributed by atoms with E-state index in [0.29, 0.717) is 45.8 Å². The molecular weight excluding hydrogens is 304 g/mol. The Bertz CT molecular complexity index is 466. The molecule has 2 fully saturated rings. The van der Waals surface area contributed by atoms with Crippen LogP contribution < -0.4 is 5.73 Å². The van der Waals surface area contributed by atoms with Crippen molar-refractivity contribution < 1.29 is 13.2 Å². The average Bonchev–Trinajstić information content (AvgIpc) is 2.83. The normalized spacial score (nSPS) is 24.0. The van der Waals surface area contributed by atoms with Crippen molar-refractivity contribution in [3.8, 4) is 0 Å². The molecule has 7 nitrogen and oxygen atoms in total. The third-order valence-electron chi connectivity index (χ3n) is 4.54. The summed E-state index contributed by atoms with van der Waals surface area (Å²) in [6, 6.07) is 0. The maximum atomic E-state index is 12.7. The van der Waals surface area contributed by atoms with E-state index >= 15 is 0 Å². The Labute approximate surface area is 133 Å². The predicted octanol–water partition coefficient (Wildman–Crippen LogP) is -0.154. The van der Waals surface area contributed by atoms with Crippen LogP contribution in [0.2, 0.25) is 0 Å². The number of hydrogen-bond acceptors (Lipinski definition) is 4. The predicted molar refractivity (Wildman–Crippen MR) is 85.3 cm³/mol. The zero-order valence-corrected chi connectivity index (χ0v) is 14.2. The van der Waals surface area contributed by atoms with Gasteiger partial charge in [-0.3, -0.25) is 4.79 Å². The van der Waals surface area contributed by atoms with Gasteiger partial charge in [-0.15, -0.1) is 0 Å². The molecule has 0 aromatic rings. The van der Waals surface area contributed by atoms with E-state index in [9.17, 15) is 13.2 Å². The Balaban J connectivity index is 1.94. The van der Waals surface area contributed by atoms with Crippen LogP contribution in [0, 0.1) is 5.92 Å². The van der Waals surface area contributed by atoms with E-state index in [-0.39, 0.29) is 11.8 Å². The minimum atomic E-state index is -3.38. The molecule has 0 radical (unpaired) electrons. The van der Waals surface area contributed by atoms with E-state index in [2.05, 4.69) is 0 Å². The van der Waals surface area contributed by atoms with Crippen molar-refractivity contribution in [2.45, 2.75) is 32.6 Å². The van der Waals surface area contributed by atoms with Crippen LogP contribution in [0.4, 0.5) is 0 Å². The van der Waals surface area contributed by atoms with E-state index < -0.39 is 10.2 Å². The van der Waals surface area contributed by atoms with E-state index in [1.807, 2.05) is 6.92 Å². The highest BCUT2D eigenvalue weighted by Crippen LogP contribution is 2.18. The van der Waals surface area contributed by atoms with Crippen molar-refractivity contribution in [2.24, 2.45) is 11.7 Å². The van der Waals surface area contributed by atoms with Crippen molar-refractivity contribution >= 4 is 16.1 Å². The Morgan fingerprint density at radius 3 is 1.95 bits per heavy atom. The van der Waals surface area contributed by atoms with Crippen LogP contribution in [0.15, 0.2) is 0 Å². The lowest BCUT2D eigenvalue weighted by molar-refractivity contribution is -0.135. The minimum Gasteiger partial charge on any atom is -0.340 e. The van der Waals surface area contributed by atoms with Gasteiger partial charge in [-0.25, -0.2) is 0 Å². The highest BCUT2D eigenvalue weighted by molar-refractivity contribution is 7.86. The van der Waals surface area contributed by atoms with Gasteiger partial charge < -0.3 is 10.6 Å². The van der Waals surface area contributed by atoms with Crippen molar-refractivity contribution in [3.05, 3.63) is 0 Å². The third kappa shape index (κ3) is 3.98. The number of nitrogens with two attached hydrogens (primary N) is 1. The van der Waals surface area contributed by atoms with Crippen LogP contribution in [0.3, 0.4) is 0 Å². The fourth-order valence-corrected chi connectivity index (χ4v) is 4.66. The first-order chi connectivity index (χ1) is 10.5. The number of amides is 1. The SMILES string of the molecule is CC(CN)C(=O)N1CCN(S(=O)(=O)N2CCCCCC2)CC1. The Morgan fingerprint density at radius 1 is 0.955 bits per heavy atom. The molecule has 22 heavy (non-hydrogen) atoms. The Hall–Kier alpha value is -0.700. The summed E-state index contributed by atoms with van der Waals surface area (Å²) >= 11 is 0. The number of carbonyl (C=O) groups excluding carboxylic acids is 1. The fraction of sp³-hybridized carbons (Fsp3) is 0.929. The number of nitrogens with zero attached hydrogens (tertiary/aromatic N) is 3. The van der Waals surface area contributed by atoms with E-state index in [0.717, 1.165) is 25.7 Å². The first kappa shape index (κ1) is 17.7. The lowest BCUT2D eigenvalue weighted by Gasteiger charge is -2.37. The van der Waals surface area contributed by atoms with Gasteiger partial charge in [-0.2, -0.15) is 17.0 Å². The van der Waals surface area contributed by atoms with E-state index in [1.165, 1.54) is 4.31 Å². The Morgan fingerprint density at radius 2 is 1.45 bits per heavy atom. The van der Waals surface area contributed by atoms with Gasteiger partial charge in [0.05, 0.1) is 0 Å². The van der Waals surface area contributed by atoms with Crippen LogP contribution in [-0.2, 0) is 15.0 Å². The van der Waals surface area contributed by atoms with E-state index in [1.54, 1.807) is 9.21 Å². The highest BCUT2D eigenvalue weighted by atomic mass is 32.2. The van der Waals surface area contributed by atoms with Crippen LogP contribution in [0.5, 0.6) is 0 Å². The molecule has 1 unspecified atom stereocenters. The number of rotatable bonds is 4. The zero-order chi connectivity index (χ0) is 16.2. The maximum absolute atomic E-state index is 12.7. The molecule has 0 bridgehead atoms. The van der Waals surface area contributed by atoms with Crippen molar-refractivity contribution in [3.63, 3.8) is 0 Å². The lowest BCUT2D eigenvalue weighted by atomic mass is 10.1. The summed E-state index contributed by atoms with van der Waals surface area (Å²) in [7, 11) is -3.38. The van der Waals surface area contributed by atoms with Crippen LogP contribution in [-0.4, -0.2) is 73.6 Å². The maximum Gasteiger partial charge on any atom is 0.282 e. The molecule has 2 aliphatic heterocycles. The quantitative estimate of drug-likeness (QED) is 0.775. The molecule has 0 aromatic carbocycles. The molecule has 2 N–H and O–H groups in total. The molecule has 1 amide bonds. The summed E-state index contributed by atoms with van der Waals surface area (Å²) in [6.07, 6.45) is 4.08. The second-order valence-electron chi connectivity index (χ2n) is 6.18. The molecule has 8 heteroatoms. The molecule has 0 spiro atoms. The van der Waals surface area contributed by atoms with E-state index in [4.69, 9.17) is 5.73 Å². The first-order valence-corrected chi connectivity index (χ1v) is 9.60. The number of carbonyl (C=O) groups is 1. The molecule has 0 saturated carbocycles. The Kier molecular flexibility index (Phi) is 6.19. The molecule has 128 valence electrons. The smallest absolute Gasteiger partial charge is 0.282 e. The van der Waals surface area contributed by atoms with Crippen LogP contribution in [0.25, 0.3) is 0 Å². The monoisotopic (exact) mass is 332 g/mol. The van der Waals surface area contributed by atoms with Crippen LogP contribution in [0.1, 0.15) is 32.6 Å². The highest BCUT2D eigenvalue weighted by Gasteiger charge is 2.34. The van der Waals surface area contributed by atoms with Gasteiger partial charge in [0.1, 0.15) is 0 Å². The largest absolute Gasteiger partial charge is 0.340 e. The molecule has 0 aliphatic carbocycles. The summed E-state index contributed by atoms with van der Waals surface area (Å²) < 4.78 is 28.5. The van der Waals surface area contributed by atoms with Crippen molar-refractivity contribution in [2.75, 3.05) is 45.8 Å². The lowest BCUT2D eigenvalue weighted by Crippen LogP contribution is -2.55. The average molecular weight is 332 g/mol. The van der Waals surface area contributed by atoms with Gasteiger partial charge in [-0.05, 0) is 12.8 Å². The zero-order valence-electron chi connectivity index (χ0n) is 13.4. The molecule has 2 heterocycles. The fourth-order valence-electron chi connectivity index (χ4n) is 2.99. The molecule has 1 atom stereocenters. The van der Waals surface area contributed by atoms with Crippen molar-refractivity contribution in [1.82, 2.24) is 13.5 Å². The van der Waals surface area contributed by atoms with Gasteiger partial charge in [0, 0.05) is 51.7 Å². The second-order valence-corrected chi connectivity index (χ2v) is 8.11. The summed E-state index contributed by atoms with van der Waals surface area (Å²) in [5, 5.41) is 0. The first-order valence-electron chi connectivity index (χ1n) is 8.21. The van der Waals surface area contributed by atoms with Gasteiger partial charge in [0.15, 0.2) is 0 Å². The third-order valence-corrected chi connectivity index (χ3v) is 6.58. The molecule has 2 aliphatic rings. The van der Waals surface area contributed by atoms with Gasteiger partial charge in [-0.1, -0.05) is 19.8 Å². The molecule has 0 aromatic heterocycles. The standard InChI is InChI=1S/C14H28N4O3S/c1-13(12-15)14(19)16-8-10-18(11-9-16)22(20,21)17-6-4-2-3-5-7-17/h13H,2-12,15H2,1H3. The number of piperazine rings is 1. The summed E-state index contributed by atoms with van der Waals surface area (Å²) in [5.74, 6) is -0.178.